The first kappa shape index (κ1) is 21.6. The Morgan fingerprint density at radius 2 is 1.77 bits per heavy atom. The number of hydrogen-bond donors (Lipinski definition) is 1. The van der Waals surface area contributed by atoms with Crippen molar-refractivity contribution in [3.05, 3.63) is 94.3 Å². The van der Waals surface area contributed by atoms with Crippen molar-refractivity contribution in [2.24, 2.45) is 0 Å². The third kappa shape index (κ3) is 5.29. The summed E-state index contributed by atoms with van der Waals surface area (Å²) in [6.07, 6.45) is 3.31. The van der Waals surface area contributed by atoms with E-state index in [1.165, 1.54) is 5.56 Å². The highest BCUT2D eigenvalue weighted by atomic mass is 16.1. The summed E-state index contributed by atoms with van der Waals surface area (Å²) >= 11 is 0. The van der Waals surface area contributed by atoms with Crippen LogP contribution in [0.5, 0.6) is 0 Å². The number of nitriles is 2. The molecule has 31 heavy (non-hydrogen) atoms. The molecule has 0 aliphatic carbocycles. The standard InChI is InChI=1S/C26H24N4O/c1-19-15-23(20(2)30(19)25-12-10-22(17-27)11-13-25)16-24(18-28)26(31)29-14-6-9-21-7-4-3-5-8-21/h3-5,7-8,10-13,15-16H,6,9,14H2,1-2H3,(H,29,31)/b24-16-. The van der Waals surface area contributed by atoms with Crippen molar-refractivity contribution >= 4 is 12.0 Å². The molecule has 0 unspecified atom stereocenters. The summed E-state index contributed by atoms with van der Waals surface area (Å²) in [7, 11) is 0. The molecule has 154 valence electrons. The summed E-state index contributed by atoms with van der Waals surface area (Å²) in [5.41, 5.74) is 5.56. The van der Waals surface area contributed by atoms with Crippen LogP contribution >= 0.6 is 0 Å². The van der Waals surface area contributed by atoms with Crippen molar-refractivity contribution in [3.63, 3.8) is 0 Å². The molecule has 0 saturated heterocycles. The first-order valence-corrected chi connectivity index (χ1v) is 10.2. The van der Waals surface area contributed by atoms with Crippen LogP contribution in [0.2, 0.25) is 0 Å². The van der Waals surface area contributed by atoms with Crippen molar-refractivity contribution in [2.75, 3.05) is 6.54 Å². The van der Waals surface area contributed by atoms with E-state index in [9.17, 15) is 10.1 Å². The van der Waals surface area contributed by atoms with Crippen LogP contribution in [0.4, 0.5) is 0 Å². The maximum absolute atomic E-state index is 12.5. The number of aryl methyl sites for hydroxylation is 2. The van der Waals surface area contributed by atoms with Gasteiger partial charge in [-0.25, -0.2) is 0 Å². The quantitative estimate of drug-likeness (QED) is 0.352. The fraction of sp³-hybridized carbons (Fsp3) is 0.192. The van der Waals surface area contributed by atoms with Gasteiger partial charge in [-0.15, -0.1) is 0 Å². The fourth-order valence-electron chi connectivity index (χ4n) is 3.55. The number of benzene rings is 2. The number of carbonyl (C=O) groups is 1. The van der Waals surface area contributed by atoms with Crippen molar-refractivity contribution in [1.82, 2.24) is 9.88 Å². The molecule has 5 heteroatoms. The van der Waals surface area contributed by atoms with Gasteiger partial charge in [-0.05, 0) is 74.2 Å². The molecule has 5 nitrogen and oxygen atoms in total. The van der Waals surface area contributed by atoms with Gasteiger partial charge in [0.05, 0.1) is 11.6 Å². The third-order valence-corrected chi connectivity index (χ3v) is 5.16. The van der Waals surface area contributed by atoms with Gasteiger partial charge in [0.1, 0.15) is 11.6 Å². The SMILES string of the molecule is Cc1cc(/C=C(/C#N)C(=O)NCCCc2ccccc2)c(C)n1-c1ccc(C#N)cc1. The Labute approximate surface area is 182 Å². The largest absolute Gasteiger partial charge is 0.351 e. The molecule has 0 spiro atoms. The molecular formula is C26H24N4O. The molecule has 1 heterocycles. The Hall–Kier alpha value is -4.09. The summed E-state index contributed by atoms with van der Waals surface area (Å²) in [5.74, 6) is -0.362. The fourth-order valence-corrected chi connectivity index (χ4v) is 3.55. The lowest BCUT2D eigenvalue weighted by molar-refractivity contribution is -0.117. The number of nitrogens with one attached hydrogen (secondary N) is 1. The van der Waals surface area contributed by atoms with Gasteiger partial charge in [0.2, 0.25) is 0 Å². The number of carbonyl (C=O) groups excluding carboxylic acids is 1. The summed E-state index contributed by atoms with van der Waals surface area (Å²) in [5, 5.41) is 21.4. The van der Waals surface area contributed by atoms with Gasteiger partial charge in [0.25, 0.3) is 5.91 Å². The molecular weight excluding hydrogens is 384 g/mol. The highest BCUT2D eigenvalue weighted by Gasteiger charge is 2.13. The van der Waals surface area contributed by atoms with E-state index in [0.29, 0.717) is 12.1 Å². The smallest absolute Gasteiger partial charge is 0.261 e. The second-order valence-corrected chi connectivity index (χ2v) is 7.34. The lowest BCUT2D eigenvalue weighted by Gasteiger charge is -2.09. The summed E-state index contributed by atoms with van der Waals surface area (Å²) < 4.78 is 2.04. The van der Waals surface area contributed by atoms with E-state index < -0.39 is 0 Å². The zero-order valence-electron chi connectivity index (χ0n) is 17.7. The molecule has 0 radical (unpaired) electrons. The molecule has 0 atom stereocenters. The van der Waals surface area contributed by atoms with Crippen LogP contribution in [0, 0.1) is 36.5 Å². The van der Waals surface area contributed by atoms with Crippen LogP contribution < -0.4 is 5.32 Å². The molecule has 1 amide bonds. The minimum Gasteiger partial charge on any atom is -0.351 e. The minimum absolute atomic E-state index is 0.0831. The first-order valence-electron chi connectivity index (χ1n) is 10.2. The highest BCUT2D eigenvalue weighted by molar-refractivity contribution is 6.01. The maximum Gasteiger partial charge on any atom is 0.261 e. The lowest BCUT2D eigenvalue weighted by Crippen LogP contribution is -2.25. The number of amides is 1. The maximum atomic E-state index is 12.5. The van der Waals surface area contributed by atoms with E-state index in [4.69, 9.17) is 5.26 Å². The zero-order chi connectivity index (χ0) is 22.2. The molecule has 0 aliphatic heterocycles. The van der Waals surface area contributed by atoms with Crippen LogP contribution in [0.15, 0.2) is 66.2 Å². The lowest BCUT2D eigenvalue weighted by atomic mass is 10.1. The van der Waals surface area contributed by atoms with Crippen LogP contribution in [-0.4, -0.2) is 17.0 Å². The average molecular weight is 409 g/mol. The van der Waals surface area contributed by atoms with Crippen LogP contribution in [0.25, 0.3) is 11.8 Å². The average Bonchev–Trinajstić information content (AvgIpc) is 3.08. The number of aromatic nitrogens is 1. The predicted molar refractivity (Wildman–Crippen MR) is 121 cm³/mol. The predicted octanol–water partition coefficient (Wildman–Crippen LogP) is 4.62. The summed E-state index contributed by atoms with van der Waals surface area (Å²) in [6, 6.07) is 23.5. The molecule has 1 N–H and O–H groups in total. The van der Waals surface area contributed by atoms with Gasteiger partial charge < -0.3 is 9.88 Å². The number of hydrogen-bond acceptors (Lipinski definition) is 3. The van der Waals surface area contributed by atoms with Crippen LogP contribution in [-0.2, 0) is 11.2 Å². The molecule has 0 saturated carbocycles. The number of nitrogens with zero attached hydrogens (tertiary/aromatic N) is 3. The van der Waals surface area contributed by atoms with E-state index in [0.717, 1.165) is 35.5 Å². The second-order valence-electron chi connectivity index (χ2n) is 7.34. The molecule has 0 aliphatic rings. The van der Waals surface area contributed by atoms with Crippen molar-refractivity contribution < 1.29 is 4.79 Å². The minimum atomic E-state index is -0.362. The summed E-state index contributed by atoms with van der Waals surface area (Å²) in [6.45, 7) is 4.43. The van der Waals surface area contributed by atoms with Crippen molar-refractivity contribution in [3.8, 4) is 17.8 Å². The van der Waals surface area contributed by atoms with Gasteiger partial charge in [0.15, 0.2) is 0 Å². The molecule has 3 aromatic rings. The van der Waals surface area contributed by atoms with E-state index in [1.54, 1.807) is 18.2 Å². The molecule has 0 fully saturated rings. The second kappa shape index (κ2) is 10.1. The van der Waals surface area contributed by atoms with E-state index in [2.05, 4.69) is 23.5 Å². The van der Waals surface area contributed by atoms with E-state index in [1.807, 2.05) is 60.9 Å². The Balaban J connectivity index is 1.70. The monoisotopic (exact) mass is 408 g/mol. The molecule has 3 rings (SSSR count). The Morgan fingerprint density at radius 1 is 1.06 bits per heavy atom. The highest BCUT2D eigenvalue weighted by Crippen LogP contribution is 2.23. The normalized spacial score (nSPS) is 10.9. The van der Waals surface area contributed by atoms with Crippen LogP contribution in [0.3, 0.4) is 0 Å². The van der Waals surface area contributed by atoms with E-state index in [-0.39, 0.29) is 11.5 Å². The van der Waals surface area contributed by atoms with Gasteiger partial charge in [0, 0.05) is 23.6 Å². The number of rotatable bonds is 7. The van der Waals surface area contributed by atoms with Gasteiger partial charge in [-0.2, -0.15) is 10.5 Å². The topological polar surface area (TPSA) is 81.6 Å². The van der Waals surface area contributed by atoms with Gasteiger partial charge in [-0.3, -0.25) is 4.79 Å². The first-order chi connectivity index (χ1) is 15.0. The third-order valence-electron chi connectivity index (χ3n) is 5.16. The zero-order valence-corrected chi connectivity index (χ0v) is 17.7. The Bertz CT molecular complexity index is 1170. The van der Waals surface area contributed by atoms with Gasteiger partial charge in [-0.1, -0.05) is 30.3 Å². The van der Waals surface area contributed by atoms with Crippen molar-refractivity contribution in [1.29, 1.82) is 10.5 Å². The molecule has 1 aromatic heterocycles. The Kier molecular flexibility index (Phi) is 7.04. The molecule has 2 aromatic carbocycles. The van der Waals surface area contributed by atoms with Gasteiger partial charge >= 0.3 is 0 Å². The summed E-state index contributed by atoms with van der Waals surface area (Å²) in [4.78, 5) is 12.5. The van der Waals surface area contributed by atoms with E-state index >= 15 is 0 Å². The van der Waals surface area contributed by atoms with Crippen molar-refractivity contribution in [2.45, 2.75) is 26.7 Å². The molecule has 0 bridgehead atoms. The van der Waals surface area contributed by atoms with Crippen LogP contribution in [0.1, 0.15) is 34.5 Å². The Morgan fingerprint density at radius 3 is 2.42 bits per heavy atom.